The van der Waals surface area contributed by atoms with E-state index >= 15 is 0 Å². The van der Waals surface area contributed by atoms with E-state index in [9.17, 15) is 21.6 Å². The Bertz CT molecular complexity index is 1130. The second kappa shape index (κ2) is 7.34. The molecule has 3 aromatic rings. The zero-order chi connectivity index (χ0) is 20.7. The molecule has 11 heteroatoms. The highest BCUT2D eigenvalue weighted by atomic mass is 35.5. The summed E-state index contributed by atoms with van der Waals surface area (Å²) < 4.78 is 68.2. The summed E-state index contributed by atoms with van der Waals surface area (Å²) in [5, 5.41) is 0.163. The van der Waals surface area contributed by atoms with Gasteiger partial charge >= 0.3 is 6.18 Å². The second-order valence-corrected chi connectivity index (χ2v) is 8.25. The fraction of sp³-hybridized carbons (Fsp3) is 0.294. The predicted octanol–water partition coefficient (Wildman–Crippen LogP) is 4.16. The van der Waals surface area contributed by atoms with Crippen molar-refractivity contribution in [3.63, 3.8) is 0 Å². The van der Waals surface area contributed by atoms with Crippen molar-refractivity contribution in [2.24, 2.45) is 0 Å². The third-order valence-corrected chi connectivity index (χ3v) is 5.85. The van der Waals surface area contributed by atoms with Crippen molar-refractivity contribution in [3.05, 3.63) is 53.1 Å². The lowest BCUT2D eigenvalue weighted by atomic mass is 10.2. The predicted molar refractivity (Wildman–Crippen MR) is 98.4 cm³/mol. The molecule has 28 heavy (non-hydrogen) atoms. The van der Waals surface area contributed by atoms with Crippen LogP contribution in [0.3, 0.4) is 0 Å². The standard InChI is InChI=1S/C17H16ClF3N4O2S/c1-3-25-15-6-11(17(19,20)21)4-5-14(15)23-16(25)10(2)24-28(26,27)13-7-12(18)8-22-9-13/h4-10,24H,3H2,1-2H3. The van der Waals surface area contributed by atoms with E-state index in [-0.39, 0.29) is 15.4 Å². The Morgan fingerprint density at radius 3 is 2.57 bits per heavy atom. The van der Waals surface area contributed by atoms with E-state index in [1.807, 2.05) is 0 Å². The van der Waals surface area contributed by atoms with E-state index in [0.717, 1.165) is 18.3 Å². The van der Waals surface area contributed by atoms with Gasteiger partial charge in [0.15, 0.2) is 0 Å². The number of fused-ring (bicyclic) bond motifs is 1. The molecule has 6 nitrogen and oxygen atoms in total. The molecule has 2 heterocycles. The highest BCUT2D eigenvalue weighted by molar-refractivity contribution is 7.89. The highest BCUT2D eigenvalue weighted by Crippen LogP contribution is 2.32. The first-order valence-corrected chi connectivity index (χ1v) is 10.1. The molecule has 0 fully saturated rings. The highest BCUT2D eigenvalue weighted by Gasteiger charge is 2.31. The number of rotatable bonds is 5. The van der Waals surface area contributed by atoms with Crippen LogP contribution in [0.4, 0.5) is 13.2 Å². The number of hydrogen-bond acceptors (Lipinski definition) is 4. The van der Waals surface area contributed by atoms with E-state index in [2.05, 4.69) is 14.7 Å². The maximum absolute atomic E-state index is 13.0. The third kappa shape index (κ3) is 3.98. The summed E-state index contributed by atoms with van der Waals surface area (Å²) in [5.74, 6) is 0.301. The van der Waals surface area contributed by atoms with E-state index in [1.165, 1.54) is 18.3 Å². The number of alkyl halides is 3. The average molecular weight is 433 g/mol. The van der Waals surface area contributed by atoms with E-state index in [1.54, 1.807) is 18.4 Å². The zero-order valence-electron chi connectivity index (χ0n) is 14.8. The van der Waals surface area contributed by atoms with Crippen molar-refractivity contribution in [2.75, 3.05) is 0 Å². The van der Waals surface area contributed by atoms with Crippen molar-refractivity contribution >= 4 is 32.7 Å². The molecule has 1 unspecified atom stereocenters. The average Bonchev–Trinajstić information content (AvgIpc) is 2.98. The Hall–Kier alpha value is -2.17. The normalized spacial score (nSPS) is 13.8. The molecule has 1 atom stereocenters. The Morgan fingerprint density at radius 1 is 1.25 bits per heavy atom. The quantitative estimate of drug-likeness (QED) is 0.656. The lowest BCUT2D eigenvalue weighted by Crippen LogP contribution is -2.29. The Balaban J connectivity index is 2.00. The maximum atomic E-state index is 13.0. The van der Waals surface area contributed by atoms with Gasteiger partial charge in [0.25, 0.3) is 0 Å². The van der Waals surface area contributed by atoms with Gasteiger partial charge in [-0.3, -0.25) is 4.98 Å². The fourth-order valence-electron chi connectivity index (χ4n) is 2.87. The lowest BCUT2D eigenvalue weighted by molar-refractivity contribution is -0.137. The van der Waals surface area contributed by atoms with E-state index < -0.39 is 27.8 Å². The van der Waals surface area contributed by atoms with Crippen LogP contribution in [0.25, 0.3) is 11.0 Å². The van der Waals surface area contributed by atoms with Crippen LogP contribution in [0.2, 0.25) is 5.02 Å². The summed E-state index contributed by atoms with van der Waals surface area (Å²) in [4.78, 5) is 7.96. The maximum Gasteiger partial charge on any atom is 0.416 e. The number of nitrogens with one attached hydrogen (secondary N) is 1. The van der Waals surface area contributed by atoms with E-state index in [0.29, 0.717) is 17.9 Å². The Labute approximate surface area is 164 Å². The van der Waals surface area contributed by atoms with Crippen molar-refractivity contribution < 1.29 is 21.6 Å². The van der Waals surface area contributed by atoms with Crippen LogP contribution in [-0.2, 0) is 22.7 Å². The van der Waals surface area contributed by atoms with E-state index in [4.69, 9.17) is 11.6 Å². The minimum atomic E-state index is -4.48. The van der Waals surface area contributed by atoms with Gasteiger partial charge in [0.05, 0.1) is 27.7 Å². The number of sulfonamides is 1. The first-order chi connectivity index (χ1) is 13.0. The SMILES string of the molecule is CCn1c(C(C)NS(=O)(=O)c2cncc(Cl)c2)nc2ccc(C(F)(F)F)cc21. The third-order valence-electron chi connectivity index (χ3n) is 4.13. The van der Waals surface area contributed by atoms with Crippen molar-refractivity contribution in [1.29, 1.82) is 0 Å². The molecule has 0 radical (unpaired) electrons. The van der Waals surface area contributed by atoms with Crippen molar-refractivity contribution in [3.8, 4) is 0 Å². The van der Waals surface area contributed by atoms with Crippen molar-refractivity contribution in [1.82, 2.24) is 19.3 Å². The molecule has 0 saturated heterocycles. The molecule has 2 aromatic heterocycles. The molecule has 0 aliphatic carbocycles. The van der Waals surface area contributed by atoms with Gasteiger partial charge < -0.3 is 4.57 Å². The molecule has 150 valence electrons. The molecular formula is C17H16ClF3N4O2S. The summed E-state index contributed by atoms with van der Waals surface area (Å²) in [6.45, 7) is 3.62. The summed E-state index contributed by atoms with van der Waals surface area (Å²) in [6.07, 6.45) is -2.03. The van der Waals surface area contributed by atoms with Gasteiger partial charge in [0.1, 0.15) is 10.7 Å². The molecule has 1 aromatic carbocycles. The van der Waals surface area contributed by atoms with Gasteiger partial charge in [0.2, 0.25) is 10.0 Å². The van der Waals surface area contributed by atoms with Gasteiger partial charge in [-0.1, -0.05) is 11.6 Å². The second-order valence-electron chi connectivity index (χ2n) is 6.10. The summed E-state index contributed by atoms with van der Waals surface area (Å²) in [5.41, 5.74) is -0.164. The van der Waals surface area contributed by atoms with Crippen LogP contribution in [0.1, 0.15) is 31.3 Å². The molecule has 0 spiro atoms. The molecule has 0 saturated carbocycles. The fourth-order valence-corrected chi connectivity index (χ4v) is 4.30. The van der Waals surface area contributed by atoms with Gasteiger partial charge in [-0.25, -0.2) is 18.1 Å². The van der Waals surface area contributed by atoms with Crippen LogP contribution < -0.4 is 4.72 Å². The number of nitrogens with zero attached hydrogens (tertiary/aromatic N) is 3. The molecule has 0 aliphatic heterocycles. The Morgan fingerprint density at radius 2 is 1.96 bits per heavy atom. The van der Waals surface area contributed by atoms with Crippen LogP contribution in [0, 0.1) is 0 Å². The minimum Gasteiger partial charge on any atom is -0.327 e. The van der Waals surface area contributed by atoms with Crippen LogP contribution in [-0.4, -0.2) is 23.0 Å². The summed E-state index contributed by atoms with van der Waals surface area (Å²) in [6, 6.07) is 3.69. The zero-order valence-corrected chi connectivity index (χ0v) is 16.4. The minimum absolute atomic E-state index is 0.120. The van der Waals surface area contributed by atoms with Crippen molar-refractivity contribution in [2.45, 2.75) is 37.5 Å². The first kappa shape index (κ1) is 20.6. The van der Waals surface area contributed by atoms with Crippen LogP contribution >= 0.6 is 11.6 Å². The molecule has 1 N–H and O–H groups in total. The molecular weight excluding hydrogens is 417 g/mol. The summed E-state index contributed by atoms with van der Waals surface area (Å²) >= 11 is 5.79. The monoisotopic (exact) mass is 432 g/mol. The molecule has 0 bridgehead atoms. The van der Waals surface area contributed by atoms with Gasteiger partial charge in [0, 0.05) is 18.9 Å². The first-order valence-electron chi connectivity index (χ1n) is 8.23. The number of aromatic nitrogens is 3. The molecule has 0 aliphatic rings. The molecule has 3 rings (SSSR count). The number of benzene rings is 1. The number of aryl methyl sites for hydroxylation is 1. The number of imidazole rings is 1. The van der Waals surface area contributed by atoms with Crippen LogP contribution in [0.5, 0.6) is 0 Å². The number of hydrogen-bond donors (Lipinski definition) is 1. The summed E-state index contributed by atoms with van der Waals surface area (Å²) in [7, 11) is -3.95. The topological polar surface area (TPSA) is 76.9 Å². The number of halogens is 4. The van der Waals surface area contributed by atoms with Gasteiger partial charge in [-0.15, -0.1) is 0 Å². The number of pyridine rings is 1. The smallest absolute Gasteiger partial charge is 0.327 e. The lowest BCUT2D eigenvalue weighted by Gasteiger charge is -2.15. The van der Waals surface area contributed by atoms with Gasteiger partial charge in [-0.05, 0) is 38.1 Å². The molecule has 0 amide bonds. The Kier molecular flexibility index (Phi) is 5.39. The van der Waals surface area contributed by atoms with Gasteiger partial charge in [-0.2, -0.15) is 13.2 Å². The van der Waals surface area contributed by atoms with Crippen LogP contribution in [0.15, 0.2) is 41.6 Å². The largest absolute Gasteiger partial charge is 0.416 e.